The Morgan fingerprint density at radius 1 is 1.00 bits per heavy atom. The molecule has 0 aliphatic heterocycles. The van der Waals surface area contributed by atoms with Crippen molar-refractivity contribution in [3.8, 4) is 16.9 Å². The van der Waals surface area contributed by atoms with Gasteiger partial charge in [-0.3, -0.25) is 0 Å². The summed E-state index contributed by atoms with van der Waals surface area (Å²) in [5.41, 5.74) is 2.36. The van der Waals surface area contributed by atoms with E-state index in [2.05, 4.69) is 0 Å². The lowest BCUT2D eigenvalue weighted by molar-refractivity contribution is 0.469. The molecule has 0 radical (unpaired) electrons. The summed E-state index contributed by atoms with van der Waals surface area (Å²) < 4.78 is 13.6. The first-order valence-corrected chi connectivity index (χ1v) is 5.34. The minimum atomic E-state index is -0.414. The summed E-state index contributed by atoms with van der Waals surface area (Å²) in [6.07, 6.45) is 0. The molecule has 17 heavy (non-hydrogen) atoms. The van der Waals surface area contributed by atoms with E-state index in [9.17, 15) is 4.39 Å². The molecule has 0 saturated heterocycles. The summed E-state index contributed by atoms with van der Waals surface area (Å²) in [5, 5.41) is 9.15. The van der Waals surface area contributed by atoms with E-state index in [1.54, 1.807) is 6.07 Å². The van der Waals surface area contributed by atoms with Crippen LogP contribution in [0.1, 0.15) is 0 Å². The Kier molecular flexibility index (Phi) is 3.00. The zero-order chi connectivity index (χ0) is 12.4. The van der Waals surface area contributed by atoms with E-state index in [0.29, 0.717) is 5.56 Å². The summed E-state index contributed by atoms with van der Waals surface area (Å²) >= 11 is 0. The monoisotopic (exact) mass is 231 g/mol. The minimum Gasteiger partial charge on any atom is -0.508 e. The fraction of sp³-hybridized carbons (Fsp3) is 0.143. The number of anilines is 1. The summed E-state index contributed by atoms with van der Waals surface area (Å²) in [4.78, 5) is 1.98. The Bertz CT molecular complexity index is 520. The predicted octanol–water partition coefficient (Wildman–Crippen LogP) is 3.26. The Morgan fingerprint density at radius 3 is 2.18 bits per heavy atom. The lowest BCUT2D eigenvalue weighted by Crippen LogP contribution is -2.07. The molecule has 0 heterocycles. The molecule has 0 amide bonds. The van der Waals surface area contributed by atoms with Gasteiger partial charge in [0.05, 0.1) is 0 Å². The van der Waals surface area contributed by atoms with Crippen molar-refractivity contribution in [2.45, 2.75) is 0 Å². The van der Waals surface area contributed by atoms with Crippen LogP contribution < -0.4 is 4.90 Å². The van der Waals surface area contributed by atoms with Gasteiger partial charge in [0.1, 0.15) is 11.6 Å². The molecule has 0 saturated carbocycles. The number of halogens is 1. The molecule has 2 rings (SSSR count). The highest BCUT2D eigenvalue weighted by Gasteiger charge is 2.06. The van der Waals surface area contributed by atoms with E-state index in [-0.39, 0.29) is 5.75 Å². The van der Waals surface area contributed by atoms with Gasteiger partial charge in [-0.25, -0.2) is 4.39 Å². The molecular formula is C14H14FNO. The average molecular weight is 231 g/mol. The third-order valence-corrected chi connectivity index (χ3v) is 2.65. The highest BCUT2D eigenvalue weighted by molar-refractivity contribution is 5.67. The number of hydrogen-bond donors (Lipinski definition) is 1. The zero-order valence-corrected chi connectivity index (χ0v) is 9.81. The molecule has 3 heteroatoms. The third kappa shape index (κ3) is 2.38. The molecule has 0 fully saturated rings. The van der Waals surface area contributed by atoms with Crippen LogP contribution in [-0.2, 0) is 0 Å². The number of hydrogen-bond acceptors (Lipinski definition) is 2. The third-order valence-electron chi connectivity index (χ3n) is 2.65. The largest absolute Gasteiger partial charge is 0.508 e. The van der Waals surface area contributed by atoms with Gasteiger partial charge in [0, 0.05) is 31.4 Å². The molecule has 2 aromatic rings. The van der Waals surface area contributed by atoms with Gasteiger partial charge in [-0.15, -0.1) is 0 Å². The van der Waals surface area contributed by atoms with Crippen LogP contribution in [0, 0.1) is 5.82 Å². The Hall–Kier alpha value is -2.03. The van der Waals surface area contributed by atoms with Gasteiger partial charge >= 0.3 is 0 Å². The summed E-state index contributed by atoms with van der Waals surface area (Å²) in [7, 11) is 3.91. The number of phenols is 1. The number of aromatic hydroxyl groups is 1. The van der Waals surface area contributed by atoms with E-state index in [1.165, 1.54) is 6.07 Å². The van der Waals surface area contributed by atoms with Crippen molar-refractivity contribution < 1.29 is 9.50 Å². The lowest BCUT2D eigenvalue weighted by Gasteiger charge is -2.13. The second-order valence-electron chi connectivity index (χ2n) is 4.11. The molecule has 88 valence electrons. The van der Waals surface area contributed by atoms with Gasteiger partial charge in [-0.1, -0.05) is 12.1 Å². The first kappa shape index (κ1) is 11.5. The van der Waals surface area contributed by atoms with Gasteiger partial charge in [0.2, 0.25) is 0 Å². The fourth-order valence-electron chi connectivity index (χ4n) is 1.68. The first-order valence-electron chi connectivity index (χ1n) is 5.34. The molecule has 0 aliphatic carbocycles. The van der Waals surface area contributed by atoms with Crippen molar-refractivity contribution in [3.05, 3.63) is 48.3 Å². The van der Waals surface area contributed by atoms with Crippen LogP contribution in [0.25, 0.3) is 11.1 Å². The highest BCUT2D eigenvalue weighted by atomic mass is 19.1. The van der Waals surface area contributed by atoms with Crippen molar-refractivity contribution in [2.75, 3.05) is 19.0 Å². The van der Waals surface area contributed by atoms with Crippen molar-refractivity contribution >= 4 is 5.69 Å². The first-order chi connectivity index (χ1) is 8.08. The lowest BCUT2D eigenvalue weighted by atomic mass is 10.0. The van der Waals surface area contributed by atoms with E-state index >= 15 is 0 Å². The number of phenolic OH excluding ortho intramolecular Hbond substituents is 1. The Balaban J connectivity index is 2.40. The molecular weight excluding hydrogens is 217 g/mol. The average Bonchev–Trinajstić information content (AvgIpc) is 2.29. The van der Waals surface area contributed by atoms with Crippen LogP contribution in [0.15, 0.2) is 42.5 Å². The summed E-state index contributed by atoms with van der Waals surface area (Å²) in [6, 6.07) is 11.8. The van der Waals surface area contributed by atoms with Crippen molar-refractivity contribution in [1.29, 1.82) is 0 Å². The van der Waals surface area contributed by atoms with Gasteiger partial charge < -0.3 is 10.0 Å². The number of nitrogens with zero attached hydrogens (tertiary/aromatic N) is 1. The van der Waals surface area contributed by atoms with Crippen LogP contribution in [0.4, 0.5) is 10.1 Å². The molecule has 2 nitrogen and oxygen atoms in total. The predicted molar refractivity (Wildman–Crippen MR) is 67.8 cm³/mol. The van der Waals surface area contributed by atoms with E-state index in [4.69, 9.17) is 5.11 Å². The summed E-state index contributed by atoms with van der Waals surface area (Å²) in [5.74, 6) is -0.473. The molecule has 0 unspecified atom stereocenters. The molecule has 0 spiro atoms. The number of benzene rings is 2. The fourth-order valence-corrected chi connectivity index (χ4v) is 1.68. The van der Waals surface area contributed by atoms with Crippen LogP contribution in [0.3, 0.4) is 0 Å². The van der Waals surface area contributed by atoms with E-state index in [0.717, 1.165) is 17.3 Å². The smallest absolute Gasteiger partial charge is 0.134 e. The normalized spacial score (nSPS) is 10.3. The highest BCUT2D eigenvalue weighted by Crippen LogP contribution is 2.27. The maximum absolute atomic E-state index is 13.6. The second-order valence-corrected chi connectivity index (χ2v) is 4.11. The van der Waals surface area contributed by atoms with Crippen molar-refractivity contribution in [3.63, 3.8) is 0 Å². The van der Waals surface area contributed by atoms with Crippen LogP contribution >= 0.6 is 0 Å². The molecule has 0 aromatic heterocycles. The Morgan fingerprint density at radius 2 is 1.65 bits per heavy atom. The van der Waals surface area contributed by atoms with Crippen LogP contribution in [0.2, 0.25) is 0 Å². The maximum Gasteiger partial charge on any atom is 0.134 e. The zero-order valence-electron chi connectivity index (χ0n) is 9.81. The molecule has 0 aliphatic rings. The van der Waals surface area contributed by atoms with E-state index in [1.807, 2.05) is 43.3 Å². The van der Waals surface area contributed by atoms with Gasteiger partial charge in [0.15, 0.2) is 0 Å². The molecule has 0 atom stereocenters. The maximum atomic E-state index is 13.6. The number of rotatable bonds is 2. The topological polar surface area (TPSA) is 23.5 Å². The van der Waals surface area contributed by atoms with Crippen molar-refractivity contribution in [2.24, 2.45) is 0 Å². The Labute approximate surface area is 99.9 Å². The quantitative estimate of drug-likeness (QED) is 0.857. The molecule has 2 aromatic carbocycles. The second kappa shape index (κ2) is 4.45. The standard InChI is InChI=1S/C14H14FNO/c1-16(2)11-5-3-10(4-6-11)13-8-7-12(17)9-14(13)15/h3-9,17H,1-2H3. The van der Waals surface area contributed by atoms with Crippen LogP contribution in [0.5, 0.6) is 5.75 Å². The molecule has 0 bridgehead atoms. The van der Waals surface area contributed by atoms with Gasteiger partial charge in [-0.05, 0) is 29.8 Å². The minimum absolute atomic E-state index is 0.0591. The summed E-state index contributed by atoms with van der Waals surface area (Å²) in [6.45, 7) is 0. The molecule has 1 N–H and O–H groups in total. The van der Waals surface area contributed by atoms with E-state index < -0.39 is 5.82 Å². The SMILES string of the molecule is CN(C)c1ccc(-c2ccc(O)cc2F)cc1. The van der Waals surface area contributed by atoms with Crippen LogP contribution in [-0.4, -0.2) is 19.2 Å². The van der Waals surface area contributed by atoms with Gasteiger partial charge in [0.25, 0.3) is 0 Å². The van der Waals surface area contributed by atoms with Gasteiger partial charge in [-0.2, -0.15) is 0 Å². The van der Waals surface area contributed by atoms with Crippen molar-refractivity contribution in [1.82, 2.24) is 0 Å².